The van der Waals surface area contributed by atoms with E-state index in [0.29, 0.717) is 5.56 Å². The van der Waals surface area contributed by atoms with Crippen LogP contribution in [0.5, 0.6) is 0 Å². The number of alkyl halides is 2. The number of carbonyl (C=O) groups is 1. The standard InChI is InChI=1S/C18H19F2N3O5/c19-15(20)13-8-12(9-24)23(16(13)22-7-6-14(25)21-17(22)26)18(27)28-10-11-4-2-1-3-5-11/h1-7,12-13,15-16,24H,8-10H2,(H,21,25,26)/t12-,13+,16+/m0/s1. The number of aromatic nitrogens is 2. The van der Waals surface area contributed by atoms with Crippen molar-refractivity contribution >= 4 is 6.09 Å². The molecule has 0 aliphatic carbocycles. The van der Waals surface area contributed by atoms with Crippen LogP contribution in [0.2, 0.25) is 0 Å². The van der Waals surface area contributed by atoms with E-state index in [1.807, 2.05) is 4.98 Å². The Morgan fingerprint density at radius 2 is 1.96 bits per heavy atom. The van der Waals surface area contributed by atoms with Crippen LogP contribution < -0.4 is 11.2 Å². The number of rotatable bonds is 5. The third kappa shape index (κ3) is 3.96. The maximum absolute atomic E-state index is 13.6. The molecule has 2 heterocycles. The number of amides is 1. The molecule has 0 bridgehead atoms. The molecule has 28 heavy (non-hydrogen) atoms. The van der Waals surface area contributed by atoms with Crippen molar-refractivity contribution in [2.75, 3.05) is 6.61 Å². The van der Waals surface area contributed by atoms with Crippen molar-refractivity contribution in [2.45, 2.75) is 31.7 Å². The molecule has 0 saturated carbocycles. The van der Waals surface area contributed by atoms with Gasteiger partial charge in [0, 0.05) is 12.3 Å². The summed E-state index contributed by atoms with van der Waals surface area (Å²) in [4.78, 5) is 39.1. The molecule has 3 atom stereocenters. The van der Waals surface area contributed by atoms with Gasteiger partial charge in [0.2, 0.25) is 6.43 Å². The minimum atomic E-state index is -2.86. The molecule has 1 aromatic heterocycles. The molecule has 8 nitrogen and oxygen atoms in total. The van der Waals surface area contributed by atoms with Crippen molar-refractivity contribution in [3.05, 3.63) is 69.0 Å². The number of hydrogen-bond donors (Lipinski definition) is 2. The van der Waals surface area contributed by atoms with Gasteiger partial charge in [0.05, 0.1) is 18.6 Å². The summed E-state index contributed by atoms with van der Waals surface area (Å²) in [5.41, 5.74) is -0.925. The Hall–Kier alpha value is -3.01. The average Bonchev–Trinajstić information content (AvgIpc) is 3.07. The largest absolute Gasteiger partial charge is 0.444 e. The predicted molar refractivity (Wildman–Crippen MR) is 93.8 cm³/mol. The van der Waals surface area contributed by atoms with Gasteiger partial charge in [-0.2, -0.15) is 0 Å². The van der Waals surface area contributed by atoms with Crippen molar-refractivity contribution in [1.29, 1.82) is 0 Å². The van der Waals surface area contributed by atoms with Crippen molar-refractivity contribution in [2.24, 2.45) is 5.92 Å². The van der Waals surface area contributed by atoms with Gasteiger partial charge in [-0.05, 0) is 12.0 Å². The van der Waals surface area contributed by atoms with Crippen LogP contribution in [-0.4, -0.2) is 44.7 Å². The van der Waals surface area contributed by atoms with Gasteiger partial charge in [-0.15, -0.1) is 0 Å². The Balaban J connectivity index is 1.92. The highest BCUT2D eigenvalue weighted by Gasteiger charge is 2.49. The van der Waals surface area contributed by atoms with Gasteiger partial charge >= 0.3 is 11.8 Å². The third-order valence-corrected chi connectivity index (χ3v) is 4.69. The van der Waals surface area contributed by atoms with Crippen LogP contribution in [0.15, 0.2) is 52.2 Å². The molecule has 2 N–H and O–H groups in total. The number of aliphatic hydroxyl groups excluding tert-OH is 1. The van der Waals surface area contributed by atoms with E-state index in [-0.39, 0.29) is 13.0 Å². The minimum Gasteiger partial charge on any atom is -0.444 e. The second kappa shape index (κ2) is 8.34. The van der Waals surface area contributed by atoms with E-state index >= 15 is 0 Å². The number of likely N-dealkylation sites (tertiary alicyclic amines) is 1. The number of ether oxygens (including phenoxy) is 1. The van der Waals surface area contributed by atoms with Gasteiger partial charge in [-0.25, -0.2) is 18.4 Å². The second-order valence-corrected chi connectivity index (χ2v) is 6.45. The molecular formula is C18H19F2N3O5. The molecule has 10 heteroatoms. The maximum Gasteiger partial charge on any atom is 0.412 e. The lowest BCUT2D eigenvalue weighted by atomic mass is 10.0. The average molecular weight is 395 g/mol. The smallest absolute Gasteiger partial charge is 0.412 e. The Morgan fingerprint density at radius 1 is 1.25 bits per heavy atom. The van der Waals surface area contributed by atoms with E-state index in [1.54, 1.807) is 30.3 Å². The lowest BCUT2D eigenvalue weighted by molar-refractivity contribution is 0.0136. The van der Waals surface area contributed by atoms with Gasteiger partial charge in [-0.3, -0.25) is 19.2 Å². The van der Waals surface area contributed by atoms with Crippen LogP contribution in [0.4, 0.5) is 13.6 Å². The van der Waals surface area contributed by atoms with Gasteiger partial charge in [0.15, 0.2) is 0 Å². The number of halogens is 2. The zero-order valence-corrected chi connectivity index (χ0v) is 14.7. The molecule has 1 amide bonds. The van der Waals surface area contributed by atoms with Crippen LogP contribution in [0.1, 0.15) is 18.2 Å². The van der Waals surface area contributed by atoms with E-state index in [9.17, 15) is 28.3 Å². The van der Waals surface area contributed by atoms with E-state index < -0.39 is 48.5 Å². The number of aliphatic hydroxyl groups is 1. The summed E-state index contributed by atoms with van der Waals surface area (Å²) in [6, 6.07) is 8.81. The summed E-state index contributed by atoms with van der Waals surface area (Å²) in [5.74, 6) is -1.41. The summed E-state index contributed by atoms with van der Waals surface area (Å²) in [6.45, 7) is -0.667. The lowest BCUT2D eigenvalue weighted by Crippen LogP contribution is -2.46. The first-order chi connectivity index (χ1) is 13.4. The summed E-state index contributed by atoms with van der Waals surface area (Å²) in [6.07, 6.45) is -4.35. The Bertz CT molecular complexity index is 931. The number of H-pyrrole nitrogens is 1. The maximum atomic E-state index is 13.6. The van der Waals surface area contributed by atoms with Crippen LogP contribution in [-0.2, 0) is 11.3 Å². The van der Waals surface area contributed by atoms with Crippen molar-refractivity contribution in [3.63, 3.8) is 0 Å². The number of benzene rings is 1. The highest BCUT2D eigenvalue weighted by molar-refractivity contribution is 5.69. The Labute approximate surface area is 158 Å². The summed E-state index contributed by atoms with van der Waals surface area (Å²) >= 11 is 0. The Kier molecular flexibility index (Phi) is 5.88. The van der Waals surface area contributed by atoms with Crippen molar-refractivity contribution < 1.29 is 23.4 Å². The van der Waals surface area contributed by atoms with Gasteiger partial charge < -0.3 is 9.84 Å². The Morgan fingerprint density at radius 3 is 2.57 bits per heavy atom. The van der Waals surface area contributed by atoms with Crippen LogP contribution in [0.3, 0.4) is 0 Å². The zero-order valence-electron chi connectivity index (χ0n) is 14.7. The fraction of sp³-hybridized carbons (Fsp3) is 0.389. The molecular weight excluding hydrogens is 376 g/mol. The molecule has 0 unspecified atom stereocenters. The van der Waals surface area contributed by atoms with Gasteiger partial charge in [-0.1, -0.05) is 30.3 Å². The third-order valence-electron chi connectivity index (χ3n) is 4.69. The lowest BCUT2D eigenvalue weighted by Gasteiger charge is -2.31. The molecule has 1 fully saturated rings. The molecule has 0 radical (unpaired) electrons. The number of hydrogen-bond acceptors (Lipinski definition) is 5. The van der Waals surface area contributed by atoms with Crippen LogP contribution in [0, 0.1) is 5.92 Å². The molecule has 0 spiro atoms. The fourth-order valence-electron chi connectivity index (χ4n) is 3.39. The molecule has 3 rings (SSSR count). The molecule has 1 aliphatic rings. The van der Waals surface area contributed by atoms with Crippen molar-refractivity contribution in [1.82, 2.24) is 14.5 Å². The van der Waals surface area contributed by atoms with E-state index in [4.69, 9.17) is 4.74 Å². The molecule has 150 valence electrons. The van der Waals surface area contributed by atoms with E-state index in [0.717, 1.165) is 21.7 Å². The summed E-state index contributed by atoms with van der Waals surface area (Å²) in [5, 5.41) is 9.61. The highest BCUT2D eigenvalue weighted by atomic mass is 19.3. The minimum absolute atomic E-state index is 0.0963. The zero-order chi connectivity index (χ0) is 20.3. The van der Waals surface area contributed by atoms with Gasteiger partial charge in [0.1, 0.15) is 12.8 Å². The van der Waals surface area contributed by atoms with Crippen LogP contribution in [0.25, 0.3) is 0 Å². The molecule has 1 aliphatic heterocycles. The number of nitrogens with one attached hydrogen (secondary N) is 1. The first kappa shape index (κ1) is 19.7. The number of nitrogens with zero attached hydrogens (tertiary/aromatic N) is 2. The second-order valence-electron chi connectivity index (χ2n) is 6.45. The normalized spacial score (nSPS) is 21.9. The summed E-state index contributed by atoms with van der Waals surface area (Å²) in [7, 11) is 0. The SMILES string of the molecule is O=C(OCc1ccccc1)N1[C@H](CO)C[C@H](C(F)F)[C@@H]1n1ccc(=O)[nH]c1=O. The van der Waals surface area contributed by atoms with Gasteiger partial charge in [0.25, 0.3) is 5.56 Å². The quantitative estimate of drug-likeness (QED) is 0.795. The monoisotopic (exact) mass is 395 g/mol. The predicted octanol–water partition coefficient (Wildman–Crippen LogP) is 1.32. The molecule has 2 aromatic rings. The van der Waals surface area contributed by atoms with Crippen LogP contribution >= 0.6 is 0 Å². The fourth-order valence-corrected chi connectivity index (χ4v) is 3.39. The van der Waals surface area contributed by atoms with Crippen molar-refractivity contribution in [3.8, 4) is 0 Å². The van der Waals surface area contributed by atoms with E-state index in [2.05, 4.69) is 0 Å². The molecule has 1 saturated heterocycles. The van der Waals surface area contributed by atoms with E-state index in [1.165, 1.54) is 0 Å². The first-order valence-electron chi connectivity index (χ1n) is 8.62. The molecule has 1 aromatic carbocycles. The highest BCUT2D eigenvalue weighted by Crippen LogP contribution is 2.40. The number of aromatic amines is 1. The number of carbonyl (C=O) groups excluding carboxylic acids is 1. The topological polar surface area (TPSA) is 105 Å². The first-order valence-corrected chi connectivity index (χ1v) is 8.62. The summed E-state index contributed by atoms with van der Waals surface area (Å²) < 4.78 is 33.4.